The van der Waals surface area contributed by atoms with Crippen molar-refractivity contribution in [1.29, 1.82) is 0 Å². The molecule has 0 aliphatic heterocycles. The number of rotatable bonds is 5. The summed E-state index contributed by atoms with van der Waals surface area (Å²) in [5.41, 5.74) is 2.72. The van der Waals surface area contributed by atoms with E-state index in [4.69, 9.17) is 11.6 Å². The molecule has 0 saturated carbocycles. The van der Waals surface area contributed by atoms with Gasteiger partial charge < -0.3 is 5.32 Å². The van der Waals surface area contributed by atoms with E-state index in [2.05, 4.69) is 5.32 Å². The van der Waals surface area contributed by atoms with Crippen molar-refractivity contribution in [3.63, 3.8) is 0 Å². The first-order valence-corrected chi connectivity index (χ1v) is 8.44. The number of anilines is 1. The van der Waals surface area contributed by atoms with E-state index < -0.39 is 0 Å². The Labute approximate surface area is 156 Å². The zero-order chi connectivity index (χ0) is 18.4. The van der Waals surface area contributed by atoms with E-state index in [1.54, 1.807) is 54.6 Å². The molecule has 0 spiro atoms. The van der Waals surface area contributed by atoms with Gasteiger partial charge in [-0.3, -0.25) is 9.59 Å². The molecule has 0 fully saturated rings. The quantitative estimate of drug-likeness (QED) is 0.500. The van der Waals surface area contributed by atoms with Crippen molar-refractivity contribution in [3.8, 4) is 0 Å². The summed E-state index contributed by atoms with van der Waals surface area (Å²) in [6.07, 6.45) is 3.16. The standard InChI is InChI=1S/C22H16ClNO2/c23-19-11-6-16(7-12-19)8-15-21(25)24-20-13-9-18(10-14-20)22(26)17-4-2-1-3-5-17/h1-15H,(H,24,25)/b15-8+. The van der Waals surface area contributed by atoms with Gasteiger partial charge in [0.05, 0.1) is 0 Å². The molecule has 0 aliphatic carbocycles. The molecule has 3 nitrogen and oxygen atoms in total. The lowest BCUT2D eigenvalue weighted by atomic mass is 10.0. The fourth-order valence-electron chi connectivity index (χ4n) is 2.39. The van der Waals surface area contributed by atoms with Crippen LogP contribution in [0.5, 0.6) is 0 Å². The molecule has 4 heteroatoms. The molecule has 0 bridgehead atoms. The molecule has 128 valence electrons. The van der Waals surface area contributed by atoms with E-state index in [1.165, 1.54) is 6.08 Å². The first kappa shape index (κ1) is 17.6. The van der Waals surface area contributed by atoms with E-state index in [-0.39, 0.29) is 11.7 Å². The predicted molar refractivity (Wildman–Crippen MR) is 105 cm³/mol. The van der Waals surface area contributed by atoms with Crippen molar-refractivity contribution in [3.05, 3.63) is 107 Å². The maximum atomic E-state index is 12.4. The highest BCUT2D eigenvalue weighted by atomic mass is 35.5. The third-order valence-corrected chi connectivity index (χ3v) is 4.00. The van der Waals surface area contributed by atoms with Crippen LogP contribution in [-0.4, -0.2) is 11.7 Å². The van der Waals surface area contributed by atoms with Crippen LogP contribution in [0.25, 0.3) is 6.08 Å². The Morgan fingerprint density at radius 2 is 1.38 bits per heavy atom. The zero-order valence-electron chi connectivity index (χ0n) is 13.9. The minimum Gasteiger partial charge on any atom is -0.323 e. The highest BCUT2D eigenvalue weighted by Crippen LogP contribution is 2.14. The number of halogens is 1. The molecule has 0 unspecified atom stereocenters. The Morgan fingerprint density at radius 1 is 0.769 bits per heavy atom. The summed E-state index contributed by atoms with van der Waals surface area (Å²) in [4.78, 5) is 24.4. The van der Waals surface area contributed by atoms with Gasteiger partial charge in [0.15, 0.2) is 5.78 Å². The second-order valence-corrected chi connectivity index (χ2v) is 6.08. The zero-order valence-corrected chi connectivity index (χ0v) is 14.6. The number of nitrogens with one attached hydrogen (secondary N) is 1. The molecule has 0 saturated heterocycles. The number of ketones is 1. The van der Waals surface area contributed by atoms with Crippen LogP contribution in [-0.2, 0) is 4.79 Å². The lowest BCUT2D eigenvalue weighted by molar-refractivity contribution is -0.111. The van der Waals surface area contributed by atoms with Crippen LogP contribution < -0.4 is 5.32 Å². The van der Waals surface area contributed by atoms with Gasteiger partial charge in [-0.15, -0.1) is 0 Å². The molecule has 0 heterocycles. The molecule has 3 aromatic carbocycles. The van der Waals surface area contributed by atoms with Gasteiger partial charge in [-0.25, -0.2) is 0 Å². The minimum atomic E-state index is -0.248. The second kappa shape index (κ2) is 8.28. The van der Waals surface area contributed by atoms with Gasteiger partial charge in [-0.1, -0.05) is 54.1 Å². The highest BCUT2D eigenvalue weighted by Gasteiger charge is 2.08. The van der Waals surface area contributed by atoms with E-state index >= 15 is 0 Å². The van der Waals surface area contributed by atoms with E-state index in [0.717, 1.165) is 5.56 Å². The summed E-state index contributed by atoms with van der Waals surface area (Å²) in [6.45, 7) is 0. The molecule has 0 radical (unpaired) electrons. The normalized spacial score (nSPS) is 10.7. The number of carbonyl (C=O) groups is 2. The lowest BCUT2D eigenvalue weighted by Gasteiger charge is -2.05. The average molecular weight is 362 g/mol. The molecule has 1 amide bonds. The Balaban J connectivity index is 1.62. The Kier molecular flexibility index (Phi) is 5.62. The Hall–Kier alpha value is -3.17. The molecule has 0 aliphatic rings. The number of hydrogen-bond acceptors (Lipinski definition) is 2. The Bertz CT molecular complexity index is 930. The van der Waals surface area contributed by atoms with E-state index in [0.29, 0.717) is 21.8 Å². The Morgan fingerprint density at radius 3 is 2.04 bits per heavy atom. The van der Waals surface area contributed by atoms with Gasteiger partial charge in [-0.2, -0.15) is 0 Å². The topological polar surface area (TPSA) is 46.2 Å². The van der Waals surface area contributed by atoms with Crippen LogP contribution >= 0.6 is 11.6 Å². The number of amides is 1. The molecule has 3 aromatic rings. The first-order chi connectivity index (χ1) is 12.6. The van der Waals surface area contributed by atoms with Crippen LogP contribution in [0, 0.1) is 0 Å². The van der Waals surface area contributed by atoms with Gasteiger partial charge in [-0.05, 0) is 48.0 Å². The van der Waals surface area contributed by atoms with Crippen LogP contribution in [0.1, 0.15) is 21.5 Å². The molecule has 0 atom stereocenters. The van der Waals surface area contributed by atoms with Crippen molar-refractivity contribution in [1.82, 2.24) is 0 Å². The highest BCUT2D eigenvalue weighted by molar-refractivity contribution is 6.30. The average Bonchev–Trinajstić information content (AvgIpc) is 2.68. The molecular weight excluding hydrogens is 346 g/mol. The third kappa shape index (κ3) is 4.68. The van der Waals surface area contributed by atoms with Crippen LogP contribution in [0.4, 0.5) is 5.69 Å². The fourth-order valence-corrected chi connectivity index (χ4v) is 2.52. The smallest absolute Gasteiger partial charge is 0.248 e. The van der Waals surface area contributed by atoms with Crippen molar-refractivity contribution >= 4 is 35.1 Å². The minimum absolute atomic E-state index is 0.0499. The largest absolute Gasteiger partial charge is 0.323 e. The van der Waals surface area contributed by atoms with Gasteiger partial charge >= 0.3 is 0 Å². The van der Waals surface area contributed by atoms with Gasteiger partial charge in [0, 0.05) is 27.9 Å². The van der Waals surface area contributed by atoms with Crippen molar-refractivity contribution in [2.45, 2.75) is 0 Å². The summed E-state index contributed by atoms with van der Waals surface area (Å²) in [6, 6.07) is 23.1. The van der Waals surface area contributed by atoms with Crippen molar-refractivity contribution in [2.75, 3.05) is 5.32 Å². The summed E-state index contributed by atoms with van der Waals surface area (Å²) >= 11 is 5.83. The summed E-state index contributed by atoms with van der Waals surface area (Å²) in [7, 11) is 0. The SMILES string of the molecule is O=C(/C=C/c1ccc(Cl)cc1)Nc1ccc(C(=O)c2ccccc2)cc1. The first-order valence-electron chi connectivity index (χ1n) is 8.06. The maximum Gasteiger partial charge on any atom is 0.248 e. The van der Waals surface area contributed by atoms with Crippen molar-refractivity contribution in [2.24, 2.45) is 0 Å². The molecule has 26 heavy (non-hydrogen) atoms. The second-order valence-electron chi connectivity index (χ2n) is 5.65. The molecular formula is C22H16ClNO2. The van der Waals surface area contributed by atoms with Gasteiger partial charge in [0.1, 0.15) is 0 Å². The predicted octanol–water partition coefficient (Wildman–Crippen LogP) is 5.22. The number of carbonyl (C=O) groups excluding carboxylic acids is 2. The van der Waals surface area contributed by atoms with Gasteiger partial charge in [0.25, 0.3) is 0 Å². The maximum absolute atomic E-state index is 12.4. The summed E-state index contributed by atoms with van der Waals surface area (Å²) in [5, 5.41) is 3.42. The van der Waals surface area contributed by atoms with Crippen molar-refractivity contribution < 1.29 is 9.59 Å². The summed E-state index contributed by atoms with van der Waals surface area (Å²) < 4.78 is 0. The molecule has 1 N–H and O–H groups in total. The lowest BCUT2D eigenvalue weighted by Crippen LogP contribution is -2.08. The number of hydrogen-bond donors (Lipinski definition) is 1. The summed E-state index contributed by atoms with van der Waals surface area (Å²) in [5.74, 6) is -0.298. The fraction of sp³-hybridized carbons (Fsp3) is 0. The van der Waals surface area contributed by atoms with E-state index in [1.807, 2.05) is 30.3 Å². The monoisotopic (exact) mass is 361 g/mol. The molecule has 3 rings (SSSR count). The molecule has 0 aromatic heterocycles. The number of benzene rings is 3. The third-order valence-electron chi connectivity index (χ3n) is 3.75. The van der Waals surface area contributed by atoms with Crippen LogP contribution in [0.2, 0.25) is 5.02 Å². The van der Waals surface area contributed by atoms with Gasteiger partial charge in [0.2, 0.25) is 5.91 Å². The van der Waals surface area contributed by atoms with Crippen LogP contribution in [0.15, 0.2) is 84.9 Å². The van der Waals surface area contributed by atoms with E-state index in [9.17, 15) is 9.59 Å². The van der Waals surface area contributed by atoms with Crippen LogP contribution in [0.3, 0.4) is 0 Å².